The average molecular weight is 304 g/mol. The molecule has 1 aliphatic heterocycles. The lowest BCUT2D eigenvalue weighted by Gasteiger charge is -2.22. The number of nitrogens with zero attached hydrogens (tertiary/aromatic N) is 5. The van der Waals surface area contributed by atoms with Crippen molar-refractivity contribution in [1.29, 1.82) is 0 Å². The molecule has 3 rings (SSSR count). The second-order valence-corrected chi connectivity index (χ2v) is 5.83. The number of carbonyl (C=O) groups excluding carboxylic acids is 1. The number of hydrogen-bond donors (Lipinski definition) is 1. The summed E-state index contributed by atoms with van der Waals surface area (Å²) in [6, 6.07) is 1.83. The van der Waals surface area contributed by atoms with Gasteiger partial charge in [-0.05, 0) is 33.6 Å². The van der Waals surface area contributed by atoms with Gasteiger partial charge in [-0.2, -0.15) is 0 Å². The van der Waals surface area contributed by atoms with E-state index in [-0.39, 0.29) is 18.1 Å². The summed E-state index contributed by atoms with van der Waals surface area (Å²) in [5, 5.41) is 14.6. The van der Waals surface area contributed by atoms with Gasteiger partial charge >= 0.3 is 6.03 Å². The molecule has 2 aromatic heterocycles. The van der Waals surface area contributed by atoms with Crippen LogP contribution in [0.25, 0.3) is 0 Å². The van der Waals surface area contributed by atoms with Crippen molar-refractivity contribution in [2.24, 2.45) is 0 Å². The van der Waals surface area contributed by atoms with Crippen LogP contribution in [0.3, 0.4) is 0 Å². The van der Waals surface area contributed by atoms with E-state index in [4.69, 9.17) is 4.52 Å². The van der Waals surface area contributed by atoms with Gasteiger partial charge in [0, 0.05) is 18.7 Å². The summed E-state index contributed by atoms with van der Waals surface area (Å²) in [7, 11) is 0. The fourth-order valence-corrected chi connectivity index (χ4v) is 2.61. The Hall–Kier alpha value is -2.38. The molecule has 1 aliphatic rings. The standard InChI is InChI=1S/C14H20N6O2/c1-9(2)20-8-13(16-18-20)15-14(21)19-6-4-5-11(19)12-7-10(3)17-22-12/h7-9,11H,4-6H2,1-3H3,(H,15,21)/t11-/m1/s1. The third-order valence-electron chi connectivity index (χ3n) is 3.76. The fraction of sp³-hybridized carbons (Fsp3) is 0.571. The zero-order valence-corrected chi connectivity index (χ0v) is 13.0. The maximum absolute atomic E-state index is 12.5. The third kappa shape index (κ3) is 2.81. The fourth-order valence-electron chi connectivity index (χ4n) is 2.61. The first-order chi connectivity index (χ1) is 10.5. The minimum atomic E-state index is -0.188. The van der Waals surface area contributed by atoms with Gasteiger partial charge in [-0.15, -0.1) is 5.10 Å². The molecule has 0 spiro atoms. The molecule has 1 atom stereocenters. The topological polar surface area (TPSA) is 89.1 Å². The second kappa shape index (κ2) is 5.78. The van der Waals surface area contributed by atoms with Crippen LogP contribution in [0.5, 0.6) is 0 Å². The normalized spacial score (nSPS) is 18.2. The molecule has 0 radical (unpaired) electrons. The first-order valence-electron chi connectivity index (χ1n) is 7.47. The van der Waals surface area contributed by atoms with Crippen LogP contribution in [-0.4, -0.2) is 37.6 Å². The first-order valence-corrected chi connectivity index (χ1v) is 7.47. The third-order valence-corrected chi connectivity index (χ3v) is 3.76. The molecule has 0 bridgehead atoms. The predicted molar refractivity (Wildman–Crippen MR) is 79.3 cm³/mol. The van der Waals surface area contributed by atoms with Crippen molar-refractivity contribution in [2.45, 2.75) is 45.7 Å². The Labute approximate surface area is 128 Å². The van der Waals surface area contributed by atoms with Crippen LogP contribution in [0.15, 0.2) is 16.8 Å². The monoisotopic (exact) mass is 304 g/mol. The van der Waals surface area contributed by atoms with E-state index in [2.05, 4.69) is 20.8 Å². The summed E-state index contributed by atoms with van der Waals surface area (Å²) < 4.78 is 7.02. The van der Waals surface area contributed by atoms with Crippen LogP contribution in [0.4, 0.5) is 10.6 Å². The van der Waals surface area contributed by atoms with Crippen LogP contribution in [0, 0.1) is 6.92 Å². The minimum absolute atomic E-state index is 0.0682. The molecular formula is C14H20N6O2. The van der Waals surface area contributed by atoms with Gasteiger partial charge in [0.15, 0.2) is 11.6 Å². The lowest BCUT2D eigenvalue weighted by molar-refractivity contribution is 0.195. The number of nitrogens with one attached hydrogen (secondary N) is 1. The van der Waals surface area contributed by atoms with Crippen molar-refractivity contribution in [3.05, 3.63) is 23.7 Å². The van der Waals surface area contributed by atoms with Gasteiger partial charge in [-0.3, -0.25) is 5.32 Å². The quantitative estimate of drug-likeness (QED) is 0.941. The van der Waals surface area contributed by atoms with Gasteiger partial charge < -0.3 is 9.42 Å². The molecular weight excluding hydrogens is 284 g/mol. The Morgan fingerprint density at radius 1 is 1.50 bits per heavy atom. The maximum atomic E-state index is 12.5. The molecule has 8 heteroatoms. The summed E-state index contributed by atoms with van der Waals surface area (Å²) in [5.41, 5.74) is 0.821. The Morgan fingerprint density at radius 3 is 2.95 bits per heavy atom. The number of aryl methyl sites for hydroxylation is 1. The SMILES string of the molecule is Cc1cc([C@H]2CCCN2C(=O)Nc2cn(C(C)C)nn2)on1. The number of amides is 2. The van der Waals surface area contributed by atoms with Crippen molar-refractivity contribution in [3.63, 3.8) is 0 Å². The van der Waals surface area contributed by atoms with Crippen LogP contribution < -0.4 is 5.32 Å². The van der Waals surface area contributed by atoms with E-state index in [1.165, 1.54) is 0 Å². The van der Waals surface area contributed by atoms with E-state index in [9.17, 15) is 4.79 Å². The van der Waals surface area contributed by atoms with Crippen molar-refractivity contribution >= 4 is 11.8 Å². The smallest absolute Gasteiger partial charge is 0.323 e. The van der Waals surface area contributed by atoms with E-state index in [0.717, 1.165) is 24.3 Å². The number of anilines is 1. The van der Waals surface area contributed by atoms with Crippen molar-refractivity contribution in [2.75, 3.05) is 11.9 Å². The van der Waals surface area contributed by atoms with Gasteiger partial charge in [0.25, 0.3) is 0 Å². The molecule has 0 saturated carbocycles. The van der Waals surface area contributed by atoms with E-state index in [1.54, 1.807) is 15.8 Å². The van der Waals surface area contributed by atoms with Crippen LogP contribution in [-0.2, 0) is 0 Å². The Kier molecular flexibility index (Phi) is 3.82. The maximum Gasteiger partial charge on any atom is 0.323 e. The molecule has 1 fully saturated rings. The van der Waals surface area contributed by atoms with E-state index in [0.29, 0.717) is 12.4 Å². The predicted octanol–water partition coefficient (Wildman–Crippen LogP) is 2.52. The molecule has 0 aliphatic carbocycles. The van der Waals surface area contributed by atoms with Crippen molar-refractivity contribution < 1.29 is 9.32 Å². The molecule has 2 amide bonds. The minimum Gasteiger partial charge on any atom is -0.359 e. The van der Waals surface area contributed by atoms with Gasteiger partial charge in [0.1, 0.15) is 0 Å². The molecule has 118 valence electrons. The lowest BCUT2D eigenvalue weighted by atomic mass is 10.1. The summed E-state index contributed by atoms with van der Waals surface area (Å²) in [4.78, 5) is 14.2. The molecule has 0 unspecified atom stereocenters. The van der Waals surface area contributed by atoms with E-state index >= 15 is 0 Å². The highest BCUT2D eigenvalue weighted by molar-refractivity contribution is 5.88. The Balaban J connectivity index is 1.70. The Morgan fingerprint density at radius 2 is 2.32 bits per heavy atom. The van der Waals surface area contributed by atoms with Crippen molar-refractivity contribution in [1.82, 2.24) is 25.1 Å². The summed E-state index contributed by atoms with van der Waals surface area (Å²) in [6.45, 7) is 6.57. The van der Waals surface area contributed by atoms with Gasteiger partial charge in [0.2, 0.25) is 0 Å². The average Bonchev–Trinajstić information content (AvgIpc) is 3.16. The van der Waals surface area contributed by atoms with Crippen molar-refractivity contribution in [3.8, 4) is 0 Å². The lowest BCUT2D eigenvalue weighted by Crippen LogP contribution is -2.34. The van der Waals surface area contributed by atoms with Crippen LogP contribution in [0.2, 0.25) is 0 Å². The van der Waals surface area contributed by atoms with Crippen LogP contribution in [0.1, 0.15) is 50.2 Å². The molecule has 1 N–H and O–H groups in total. The zero-order chi connectivity index (χ0) is 15.7. The van der Waals surface area contributed by atoms with Crippen LogP contribution >= 0.6 is 0 Å². The Bertz CT molecular complexity index is 662. The number of rotatable bonds is 3. The second-order valence-electron chi connectivity index (χ2n) is 5.83. The molecule has 2 aromatic rings. The first kappa shape index (κ1) is 14.6. The van der Waals surface area contributed by atoms with E-state index in [1.807, 2.05) is 26.8 Å². The summed E-state index contributed by atoms with van der Waals surface area (Å²) in [6.07, 6.45) is 3.55. The van der Waals surface area contributed by atoms with Gasteiger partial charge in [-0.25, -0.2) is 9.48 Å². The number of hydrogen-bond acceptors (Lipinski definition) is 5. The largest absolute Gasteiger partial charge is 0.359 e. The number of urea groups is 1. The highest BCUT2D eigenvalue weighted by Crippen LogP contribution is 2.32. The number of carbonyl (C=O) groups is 1. The van der Waals surface area contributed by atoms with Gasteiger partial charge in [0.05, 0.1) is 17.9 Å². The van der Waals surface area contributed by atoms with Gasteiger partial charge in [-0.1, -0.05) is 10.4 Å². The number of aromatic nitrogens is 4. The van der Waals surface area contributed by atoms with E-state index < -0.39 is 0 Å². The molecule has 3 heterocycles. The number of likely N-dealkylation sites (tertiary alicyclic amines) is 1. The molecule has 8 nitrogen and oxygen atoms in total. The summed E-state index contributed by atoms with van der Waals surface area (Å²) in [5.74, 6) is 1.19. The summed E-state index contributed by atoms with van der Waals surface area (Å²) >= 11 is 0. The molecule has 22 heavy (non-hydrogen) atoms. The zero-order valence-electron chi connectivity index (χ0n) is 13.0. The highest BCUT2D eigenvalue weighted by Gasteiger charge is 2.33. The highest BCUT2D eigenvalue weighted by atomic mass is 16.5. The molecule has 0 aromatic carbocycles. The molecule has 1 saturated heterocycles.